The fourth-order valence-corrected chi connectivity index (χ4v) is 6.24. The lowest BCUT2D eigenvalue weighted by atomic mass is 9.88. The second kappa shape index (κ2) is 13.2. The van der Waals surface area contributed by atoms with Crippen molar-refractivity contribution in [1.82, 2.24) is 9.62 Å². The third-order valence-electron chi connectivity index (χ3n) is 7.43. The molecule has 0 aliphatic carbocycles. The van der Waals surface area contributed by atoms with Gasteiger partial charge in [-0.3, -0.25) is 9.69 Å². The van der Waals surface area contributed by atoms with Gasteiger partial charge in [0.15, 0.2) is 0 Å². The van der Waals surface area contributed by atoms with Crippen molar-refractivity contribution >= 4 is 27.3 Å². The van der Waals surface area contributed by atoms with Crippen molar-refractivity contribution in [3.05, 3.63) is 89.5 Å². The van der Waals surface area contributed by atoms with Gasteiger partial charge in [0, 0.05) is 44.5 Å². The quantitative estimate of drug-likeness (QED) is 0.338. The Morgan fingerprint density at radius 1 is 0.923 bits per heavy atom. The molecule has 0 radical (unpaired) electrons. The Bertz CT molecular complexity index is 1330. The van der Waals surface area contributed by atoms with Gasteiger partial charge in [0.05, 0.1) is 4.90 Å². The van der Waals surface area contributed by atoms with Crippen LogP contribution in [0.15, 0.2) is 77.7 Å². The van der Waals surface area contributed by atoms with E-state index in [1.807, 2.05) is 12.1 Å². The number of hydrogen-bond acceptors (Lipinski definition) is 5. The lowest BCUT2D eigenvalue weighted by Gasteiger charge is -2.32. The molecule has 2 N–H and O–H groups in total. The SMILES string of the molecule is CCN(CC)c1ccc(CN2CCC(c3cccc(CNS(=O)(=O)c4ccc(NC(C)=O)cc4)c3)CC2)cc1. The minimum Gasteiger partial charge on any atom is -0.372 e. The first-order valence-electron chi connectivity index (χ1n) is 13.8. The Morgan fingerprint density at radius 3 is 2.21 bits per heavy atom. The molecule has 3 aromatic rings. The average Bonchev–Trinajstić information content (AvgIpc) is 2.94. The summed E-state index contributed by atoms with van der Waals surface area (Å²) in [6.07, 6.45) is 2.18. The maximum absolute atomic E-state index is 12.8. The van der Waals surface area contributed by atoms with Crippen molar-refractivity contribution in [2.45, 2.75) is 57.5 Å². The van der Waals surface area contributed by atoms with Crippen molar-refractivity contribution in [2.24, 2.45) is 0 Å². The number of likely N-dealkylation sites (tertiary alicyclic amines) is 1. The number of piperidine rings is 1. The molecule has 39 heavy (non-hydrogen) atoms. The van der Waals surface area contributed by atoms with Crippen LogP contribution < -0.4 is 14.9 Å². The lowest BCUT2D eigenvalue weighted by molar-refractivity contribution is -0.114. The van der Waals surface area contributed by atoms with Crippen molar-refractivity contribution < 1.29 is 13.2 Å². The van der Waals surface area contributed by atoms with Gasteiger partial charge in [0.25, 0.3) is 0 Å². The average molecular weight is 549 g/mol. The monoisotopic (exact) mass is 548 g/mol. The van der Waals surface area contributed by atoms with Crippen LogP contribution >= 0.6 is 0 Å². The van der Waals surface area contributed by atoms with E-state index in [-0.39, 0.29) is 17.3 Å². The van der Waals surface area contributed by atoms with E-state index < -0.39 is 10.0 Å². The van der Waals surface area contributed by atoms with E-state index in [0.29, 0.717) is 11.6 Å². The normalized spacial score (nSPS) is 14.7. The molecule has 1 aliphatic rings. The van der Waals surface area contributed by atoms with Gasteiger partial charge < -0.3 is 10.2 Å². The molecule has 3 aromatic carbocycles. The molecule has 0 atom stereocenters. The molecule has 4 rings (SSSR count). The number of hydrogen-bond donors (Lipinski definition) is 2. The number of nitrogens with zero attached hydrogens (tertiary/aromatic N) is 2. The van der Waals surface area contributed by atoms with Gasteiger partial charge in [-0.25, -0.2) is 13.1 Å². The summed E-state index contributed by atoms with van der Waals surface area (Å²) in [5.74, 6) is 0.277. The summed E-state index contributed by atoms with van der Waals surface area (Å²) in [6, 6.07) is 23.4. The fourth-order valence-electron chi connectivity index (χ4n) is 5.22. The predicted octanol–water partition coefficient (Wildman–Crippen LogP) is 5.35. The zero-order chi connectivity index (χ0) is 27.8. The Hall–Kier alpha value is -3.20. The van der Waals surface area contributed by atoms with Crippen molar-refractivity contribution in [2.75, 3.05) is 36.4 Å². The second-order valence-electron chi connectivity index (χ2n) is 10.2. The number of benzene rings is 3. The van der Waals surface area contributed by atoms with E-state index in [4.69, 9.17) is 0 Å². The molecule has 1 fully saturated rings. The first-order valence-corrected chi connectivity index (χ1v) is 15.3. The molecular weight excluding hydrogens is 508 g/mol. The number of nitrogens with one attached hydrogen (secondary N) is 2. The maximum atomic E-state index is 12.8. The molecule has 1 aliphatic heterocycles. The van der Waals surface area contributed by atoms with Crippen LogP contribution in [0.3, 0.4) is 0 Å². The second-order valence-corrected chi connectivity index (χ2v) is 11.9. The van der Waals surface area contributed by atoms with Gasteiger partial charge in [-0.1, -0.05) is 36.4 Å². The number of amides is 1. The summed E-state index contributed by atoms with van der Waals surface area (Å²) in [5.41, 5.74) is 5.41. The largest absolute Gasteiger partial charge is 0.372 e. The highest BCUT2D eigenvalue weighted by atomic mass is 32.2. The lowest BCUT2D eigenvalue weighted by Crippen LogP contribution is -2.32. The highest BCUT2D eigenvalue weighted by molar-refractivity contribution is 7.89. The van der Waals surface area contributed by atoms with Crippen LogP contribution in [0.2, 0.25) is 0 Å². The summed E-state index contributed by atoms with van der Waals surface area (Å²) >= 11 is 0. The van der Waals surface area contributed by atoms with Crippen LogP contribution in [-0.2, 0) is 27.9 Å². The molecule has 0 bridgehead atoms. The van der Waals surface area contributed by atoms with Crippen molar-refractivity contribution in [3.8, 4) is 0 Å². The Labute approximate surface area is 233 Å². The third-order valence-corrected chi connectivity index (χ3v) is 8.85. The van der Waals surface area contributed by atoms with Crippen LogP contribution in [0.1, 0.15) is 56.2 Å². The molecule has 1 amide bonds. The van der Waals surface area contributed by atoms with Crippen LogP contribution in [0, 0.1) is 0 Å². The maximum Gasteiger partial charge on any atom is 0.240 e. The molecule has 7 nitrogen and oxygen atoms in total. The van der Waals surface area contributed by atoms with Gasteiger partial charge in [-0.15, -0.1) is 0 Å². The van der Waals surface area contributed by atoms with E-state index in [1.165, 1.54) is 35.9 Å². The van der Waals surface area contributed by atoms with Crippen molar-refractivity contribution in [3.63, 3.8) is 0 Å². The van der Waals surface area contributed by atoms with Gasteiger partial charge in [0.2, 0.25) is 15.9 Å². The highest BCUT2D eigenvalue weighted by Gasteiger charge is 2.21. The molecule has 1 saturated heterocycles. The summed E-state index contributed by atoms with van der Waals surface area (Å²) in [7, 11) is -3.66. The summed E-state index contributed by atoms with van der Waals surface area (Å²) in [6.45, 7) is 11.1. The summed E-state index contributed by atoms with van der Waals surface area (Å²) in [4.78, 5) is 16.2. The number of carbonyl (C=O) groups excluding carboxylic acids is 1. The third kappa shape index (κ3) is 7.91. The van der Waals surface area contributed by atoms with Crippen LogP contribution in [0.5, 0.6) is 0 Å². The van der Waals surface area contributed by atoms with E-state index in [0.717, 1.165) is 51.1 Å². The van der Waals surface area contributed by atoms with E-state index in [9.17, 15) is 13.2 Å². The van der Waals surface area contributed by atoms with E-state index in [2.05, 4.69) is 70.1 Å². The molecule has 0 unspecified atom stereocenters. The van der Waals surface area contributed by atoms with Gasteiger partial charge >= 0.3 is 0 Å². The summed E-state index contributed by atoms with van der Waals surface area (Å²) < 4.78 is 28.3. The van der Waals surface area contributed by atoms with Gasteiger partial charge in [0.1, 0.15) is 0 Å². The molecular formula is C31H40N4O3S. The molecule has 0 aromatic heterocycles. The first-order chi connectivity index (χ1) is 18.8. The number of rotatable bonds is 11. The minimum absolute atomic E-state index is 0.169. The van der Waals surface area contributed by atoms with Crippen LogP contribution in [0.25, 0.3) is 0 Å². The molecule has 1 heterocycles. The Kier molecular flexibility index (Phi) is 9.78. The number of anilines is 2. The molecule has 0 saturated carbocycles. The zero-order valence-electron chi connectivity index (χ0n) is 23.2. The molecule has 8 heteroatoms. The number of sulfonamides is 1. The first kappa shape index (κ1) is 28.8. The zero-order valence-corrected chi connectivity index (χ0v) is 24.0. The topological polar surface area (TPSA) is 81.8 Å². The van der Waals surface area contributed by atoms with E-state index >= 15 is 0 Å². The highest BCUT2D eigenvalue weighted by Crippen LogP contribution is 2.29. The van der Waals surface area contributed by atoms with Gasteiger partial charge in [-0.05, 0) is 98.8 Å². The number of carbonyl (C=O) groups is 1. The molecule has 208 valence electrons. The molecule has 0 spiro atoms. The minimum atomic E-state index is -3.66. The van der Waals surface area contributed by atoms with Crippen molar-refractivity contribution in [1.29, 1.82) is 0 Å². The standard InChI is InChI=1S/C31H40N4O3S/c1-4-35(5-2)30-13-9-25(10-14-30)23-34-19-17-27(18-20-34)28-8-6-7-26(21-28)22-32-39(37,38)31-15-11-29(12-16-31)33-24(3)36/h6-16,21,27,32H,4-5,17-20,22-23H2,1-3H3,(H,33,36). The smallest absolute Gasteiger partial charge is 0.240 e. The summed E-state index contributed by atoms with van der Waals surface area (Å²) in [5, 5.41) is 2.64. The van der Waals surface area contributed by atoms with Gasteiger partial charge in [-0.2, -0.15) is 0 Å². The van der Waals surface area contributed by atoms with Crippen LogP contribution in [0.4, 0.5) is 11.4 Å². The Morgan fingerprint density at radius 2 is 1.59 bits per heavy atom. The van der Waals surface area contributed by atoms with E-state index in [1.54, 1.807) is 12.1 Å². The predicted molar refractivity (Wildman–Crippen MR) is 158 cm³/mol. The van der Waals surface area contributed by atoms with Crippen LogP contribution in [-0.4, -0.2) is 45.4 Å². The Balaban J connectivity index is 1.29. The fraction of sp³-hybridized carbons (Fsp3) is 0.387.